The predicted molar refractivity (Wildman–Crippen MR) is 98.0 cm³/mol. The van der Waals surface area contributed by atoms with Crippen molar-refractivity contribution >= 4 is 23.3 Å². The van der Waals surface area contributed by atoms with E-state index in [0.29, 0.717) is 17.9 Å². The third-order valence-corrected chi connectivity index (χ3v) is 4.36. The molecule has 1 aliphatic heterocycles. The van der Waals surface area contributed by atoms with Gasteiger partial charge in [-0.2, -0.15) is 0 Å². The van der Waals surface area contributed by atoms with Gasteiger partial charge in [0.15, 0.2) is 0 Å². The van der Waals surface area contributed by atoms with Crippen molar-refractivity contribution in [3.63, 3.8) is 0 Å². The maximum absolute atomic E-state index is 12.6. The second-order valence-electron chi connectivity index (χ2n) is 6.12. The summed E-state index contributed by atoms with van der Waals surface area (Å²) in [6.45, 7) is 4.41. The molecule has 0 saturated heterocycles. The van der Waals surface area contributed by atoms with Crippen LogP contribution in [0, 0.1) is 0 Å². The molecule has 1 amide bonds. The van der Waals surface area contributed by atoms with E-state index >= 15 is 0 Å². The smallest absolute Gasteiger partial charge is 0.340 e. The van der Waals surface area contributed by atoms with Crippen LogP contribution in [-0.2, 0) is 16.0 Å². The molecule has 2 aromatic carbocycles. The molecule has 0 radical (unpaired) electrons. The number of nitrogens with one attached hydrogen (secondary N) is 1. The number of benzene rings is 2. The van der Waals surface area contributed by atoms with Crippen molar-refractivity contribution in [2.45, 2.75) is 26.3 Å². The van der Waals surface area contributed by atoms with Crippen LogP contribution < -0.4 is 10.2 Å². The van der Waals surface area contributed by atoms with Crippen molar-refractivity contribution < 1.29 is 14.3 Å². The maximum Gasteiger partial charge on any atom is 0.340 e. The van der Waals surface area contributed by atoms with Gasteiger partial charge in [0.2, 0.25) is 5.91 Å². The van der Waals surface area contributed by atoms with E-state index in [0.717, 1.165) is 12.1 Å². The lowest BCUT2D eigenvalue weighted by Gasteiger charge is -2.24. The fraction of sp³-hybridized carbons (Fsp3) is 0.300. The molecule has 5 heteroatoms. The molecule has 3 rings (SSSR count). The van der Waals surface area contributed by atoms with Crippen LogP contribution in [0.1, 0.15) is 29.8 Å². The Labute approximate surface area is 147 Å². The molecule has 0 aromatic heterocycles. The molecule has 5 nitrogen and oxygen atoms in total. The molecule has 1 heterocycles. The number of carbonyl (C=O) groups is 2. The standard InChI is InChI=1S/C20H22N2O3/c1-3-25-20(24)16-9-5-6-10-17(16)21-19(23)13-22-14(2)12-15-8-4-7-11-18(15)22/h4-11,14H,3,12-13H2,1-2H3,(H,21,23). The lowest BCUT2D eigenvalue weighted by molar-refractivity contribution is -0.115. The number of hydrogen-bond donors (Lipinski definition) is 1. The minimum absolute atomic E-state index is 0.152. The van der Waals surface area contributed by atoms with E-state index in [2.05, 4.69) is 23.2 Å². The van der Waals surface area contributed by atoms with Gasteiger partial charge in [0, 0.05) is 11.7 Å². The van der Waals surface area contributed by atoms with Crippen molar-refractivity contribution in [2.24, 2.45) is 0 Å². The predicted octanol–water partition coefficient (Wildman–Crippen LogP) is 3.25. The van der Waals surface area contributed by atoms with E-state index in [-0.39, 0.29) is 18.5 Å². The first-order valence-corrected chi connectivity index (χ1v) is 8.50. The molecule has 0 bridgehead atoms. The molecule has 1 aliphatic rings. The highest BCUT2D eigenvalue weighted by Crippen LogP contribution is 2.31. The van der Waals surface area contributed by atoms with Crippen molar-refractivity contribution in [3.05, 3.63) is 59.7 Å². The molecule has 1 atom stereocenters. The number of nitrogens with zero attached hydrogens (tertiary/aromatic N) is 1. The molecule has 0 saturated carbocycles. The highest BCUT2D eigenvalue weighted by molar-refractivity contribution is 6.02. The summed E-state index contributed by atoms with van der Waals surface area (Å²) in [6.07, 6.45) is 0.933. The number of rotatable bonds is 5. The number of esters is 1. The van der Waals surface area contributed by atoms with Crippen molar-refractivity contribution in [3.8, 4) is 0 Å². The molecule has 130 valence electrons. The number of ether oxygens (including phenoxy) is 1. The Hall–Kier alpha value is -2.82. The van der Waals surface area contributed by atoms with E-state index in [4.69, 9.17) is 4.74 Å². The van der Waals surface area contributed by atoms with Crippen LogP contribution in [0.5, 0.6) is 0 Å². The summed E-state index contributed by atoms with van der Waals surface area (Å²) in [4.78, 5) is 26.7. The van der Waals surface area contributed by atoms with E-state index < -0.39 is 5.97 Å². The number of fused-ring (bicyclic) bond motifs is 1. The maximum atomic E-state index is 12.6. The summed E-state index contributed by atoms with van der Waals surface area (Å²) >= 11 is 0. The summed E-state index contributed by atoms with van der Waals surface area (Å²) in [5.41, 5.74) is 3.21. The molecule has 2 aromatic rings. The lowest BCUT2D eigenvalue weighted by Crippen LogP contribution is -2.37. The van der Waals surface area contributed by atoms with Gasteiger partial charge in [0.25, 0.3) is 0 Å². The van der Waals surface area contributed by atoms with Gasteiger partial charge in [0.05, 0.1) is 24.4 Å². The summed E-state index contributed by atoms with van der Waals surface area (Å²) < 4.78 is 5.05. The molecular formula is C20H22N2O3. The van der Waals surface area contributed by atoms with E-state index in [9.17, 15) is 9.59 Å². The van der Waals surface area contributed by atoms with Gasteiger partial charge < -0.3 is 15.0 Å². The Bertz CT molecular complexity index is 788. The van der Waals surface area contributed by atoms with Crippen LogP contribution in [-0.4, -0.2) is 31.1 Å². The summed E-state index contributed by atoms with van der Waals surface area (Å²) in [5.74, 6) is -0.585. The number of anilines is 2. The third kappa shape index (κ3) is 3.65. The van der Waals surface area contributed by atoms with Gasteiger partial charge in [-0.15, -0.1) is 0 Å². The fourth-order valence-corrected chi connectivity index (χ4v) is 3.19. The summed E-state index contributed by atoms with van der Waals surface area (Å²) in [5, 5.41) is 2.85. The molecular weight excluding hydrogens is 316 g/mol. The Kier molecular flexibility index (Phi) is 5.03. The number of carbonyl (C=O) groups excluding carboxylic acids is 2. The van der Waals surface area contributed by atoms with Gasteiger partial charge in [-0.1, -0.05) is 30.3 Å². The second-order valence-corrected chi connectivity index (χ2v) is 6.12. The highest BCUT2D eigenvalue weighted by atomic mass is 16.5. The second kappa shape index (κ2) is 7.38. The molecule has 0 fully saturated rings. The van der Waals surface area contributed by atoms with Crippen LogP contribution >= 0.6 is 0 Å². The van der Waals surface area contributed by atoms with Crippen molar-refractivity contribution in [1.82, 2.24) is 0 Å². The van der Waals surface area contributed by atoms with Gasteiger partial charge in [0.1, 0.15) is 0 Å². The monoisotopic (exact) mass is 338 g/mol. The minimum Gasteiger partial charge on any atom is -0.462 e. The number of para-hydroxylation sites is 2. The van der Waals surface area contributed by atoms with Crippen LogP contribution in [0.4, 0.5) is 11.4 Å². The molecule has 1 unspecified atom stereocenters. The van der Waals surface area contributed by atoms with Crippen LogP contribution in [0.2, 0.25) is 0 Å². The number of amides is 1. The van der Waals surface area contributed by atoms with E-state index in [1.807, 2.05) is 18.2 Å². The Morgan fingerprint density at radius 1 is 1.16 bits per heavy atom. The summed E-state index contributed by atoms with van der Waals surface area (Å²) in [6, 6.07) is 15.3. The average Bonchev–Trinajstić information content (AvgIpc) is 2.91. The SMILES string of the molecule is CCOC(=O)c1ccccc1NC(=O)CN1c2ccccc2CC1C. The molecule has 0 spiro atoms. The number of hydrogen-bond acceptors (Lipinski definition) is 4. The van der Waals surface area contributed by atoms with Gasteiger partial charge in [-0.3, -0.25) is 4.79 Å². The first kappa shape index (κ1) is 17.0. The van der Waals surface area contributed by atoms with Crippen LogP contribution in [0.15, 0.2) is 48.5 Å². The van der Waals surface area contributed by atoms with E-state index in [1.54, 1.807) is 31.2 Å². The third-order valence-electron chi connectivity index (χ3n) is 4.36. The van der Waals surface area contributed by atoms with Crippen LogP contribution in [0.3, 0.4) is 0 Å². The first-order valence-electron chi connectivity index (χ1n) is 8.50. The normalized spacial score (nSPS) is 15.6. The topological polar surface area (TPSA) is 58.6 Å². The quantitative estimate of drug-likeness (QED) is 0.850. The molecule has 0 aliphatic carbocycles. The van der Waals surface area contributed by atoms with Crippen molar-refractivity contribution in [2.75, 3.05) is 23.4 Å². The Balaban J connectivity index is 1.73. The van der Waals surface area contributed by atoms with E-state index in [1.165, 1.54) is 5.56 Å². The first-order chi connectivity index (χ1) is 12.1. The van der Waals surface area contributed by atoms with Gasteiger partial charge in [-0.05, 0) is 44.0 Å². The Morgan fingerprint density at radius 3 is 2.68 bits per heavy atom. The highest BCUT2D eigenvalue weighted by Gasteiger charge is 2.27. The minimum atomic E-state index is -0.432. The zero-order valence-electron chi connectivity index (χ0n) is 14.5. The average molecular weight is 338 g/mol. The lowest BCUT2D eigenvalue weighted by atomic mass is 10.1. The fourth-order valence-electron chi connectivity index (χ4n) is 3.19. The van der Waals surface area contributed by atoms with Gasteiger partial charge >= 0.3 is 5.97 Å². The largest absolute Gasteiger partial charge is 0.462 e. The molecule has 1 N–H and O–H groups in total. The zero-order chi connectivity index (χ0) is 17.8. The Morgan fingerprint density at radius 2 is 1.88 bits per heavy atom. The van der Waals surface area contributed by atoms with Crippen molar-refractivity contribution in [1.29, 1.82) is 0 Å². The van der Waals surface area contributed by atoms with Gasteiger partial charge in [-0.25, -0.2) is 4.79 Å². The molecule has 25 heavy (non-hydrogen) atoms. The zero-order valence-corrected chi connectivity index (χ0v) is 14.5. The van der Waals surface area contributed by atoms with Crippen LogP contribution in [0.25, 0.3) is 0 Å². The summed E-state index contributed by atoms with van der Waals surface area (Å²) in [7, 11) is 0.